The molecule has 0 aromatic heterocycles. The van der Waals surface area contributed by atoms with E-state index in [0.717, 1.165) is 12.0 Å². The first-order chi connectivity index (χ1) is 12.5. The summed E-state index contributed by atoms with van der Waals surface area (Å²) >= 11 is 1.75. The van der Waals surface area contributed by atoms with E-state index in [-0.39, 0.29) is 10.7 Å². The number of thioether (sulfide) groups is 1. The zero-order valence-electron chi connectivity index (χ0n) is 17.1. The molecular weight excluding hydrogens is 384 g/mol. The summed E-state index contributed by atoms with van der Waals surface area (Å²) in [4.78, 5) is 12.7. The molecular formula is C19H32N2O4S2. The quantitative estimate of drug-likeness (QED) is 0.593. The molecule has 0 heterocycles. The van der Waals surface area contributed by atoms with Crippen LogP contribution in [-0.2, 0) is 14.8 Å². The highest BCUT2D eigenvalue weighted by atomic mass is 32.2. The Morgan fingerprint density at radius 1 is 1.22 bits per heavy atom. The van der Waals surface area contributed by atoms with Gasteiger partial charge in [-0.1, -0.05) is 27.7 Å². The SMILES string of the molecule is CCOc1ccc(N(C(CC)C(=O)NCCSC(C)(C)C)S(C)(=O)=O)cc1. The molecule has 6 nitrogen and oxygen atoms in total. The van der Waals surface area contributed by atoms with Gasteiger partial charge in [0, 0.05) is 17.0 Å². The van der Waals surface area contributed by atoms with Crippen molar-refractivity contribution in [3.63, 3.8) is 0 Å². The van der Waals surface area contributed by atoms with Gasteiger partial charge in [-0.05, 0) is 37.6 Å². The molecule has 154 valence electrons. The van der Waals surface area contributed by atoms with Crippen molar-refractivity contribution in [3.05, 3.63) is 24.3 Å². The highest BCUT2D eigenvalue weighted by Gasteiger charge is 2.31. The Balaban J connectivity index is 2.94. The Hall–Kier alpha value is -1.41. The number of hydrogen-bond acceptors (Lipinski definition) is 5. The van der Waals surface area contributed by atoms with E-state index >= 15 is 0 Å². The number of rotatable bonds is 10. The van der Waals surface area contributed by atoms with Crippen molar-refractivity contribution in [1.82, 2.24) is 5.32 Å². The van der Waals surface area contributed by atoms with Crippen LogP contribution in [0.15, 0.2) is 24.3 Å². The molecule has 1 aromatic rings. The predicted molar refractivity (Wildman–Crippen MR) is 114 cm³/mol. The number of nitrogens with one attached hydrogen (secondary N) is 1. The fraction of sp³-hybridized carbons (Fsp3) is 0.632. The Labute approximate surface area is 168 Å². The highest BCUT2D eigenvalue weighted by molar-refractivity contribution is 8.00. The molecule has 1 N–H and O–H groups in total. The zero-order valence-corrected chi connectivity index (χ0v) is 18.7. The van der Waals surface area contributed by atoms with Crippen molar-refractivity contribution in [2.75, 3.05) is 29.5 Å². The lowest BCUT2D eigenvalue weighted by atomic mass is 10.2. The van der Waals surface area contributed by atoms with E-state index in [1.807, 2.05) is 6.92 Å². The van der Waals surface area contributed by atoms with Crippen molar-refractivity contribution < 1.29 is 17.9 Å². The number of carbonyl (C=O) groups is 1. The van der Waals surface area contributed by atoms with Crippen molar-refractivity contribution in [2.24, 2.45) is 0 Å². The van der Waals surface area contributed by atoms with Crippen molar-refractivity contribution in [2.45, 2.75) is 51.8 Å². The lowest BCUT2D eigenvalue weighted by molar-refractivity contribution is -0.122. The Morgan fingerprint density at radius 2 is 1.81 bits per heavy atom. The van der Waals surface area contributed by atoms with Gasteiger partial charge < -0.3 is 10.1 Å². The van der Waals surface area contributed by atoms with Gasteiger partial charge in [0.2, 0.25) is 15.9 Å². The maximum atomic E-state index is 12.7. The monoisotopic (exact) mass is 416 g/mol. The second-order valence-corrected chi connectivity index (χ2v) is 10.9. The fourth-order valence-corrected chi connectivity index (χ4v) is 4.59. The number of benzene rings is 1. The minimum atomic E-state index is -3.63. The van der Waals surface area contributed by atoms with E-state index in [9.17, 15) is 13.2 Å². The molecule has 0 saturated carbocycles. The van der Waals surface area contributed by atoms with Gasteiger partial charge >= 0.3 is 0 Å². The van der Waals surface area contributed by atoms with E-state index in [1.54, 1.807) is 43.0 Å². The first-order valence-electron chi connectivity index (χ1n) is 9.13. The number of amides is 1. The van der Waals surface area contributed by atoms with E-state index in [0.29, 0.717) is 31.0 Å². The smallest absolute Gasteiger partial charge is 0.243 e. The van der Waals surface area contributed by atoms with Crippen LogP contribution in [-0.4, -0.2) is 50.3 Å². The van der Waals surface area contributed by atoms with Crippen LogP contribution >= 0.6 is 11.8 Å². The highest BCUT2D eigenvalue weighted by Crippen LogP contribution is 2.25. The molecule has 0 bridgehead atoms. The molecule has 0 aliphatic carbocycles. The van der Waals surface area contributed by atoms with Gasteiger partial charge in [-0.25, -0.2) is 8.42 Å². The second kappa shape index (κ2) is 10.2. The molecule has 8 heteroatoms. The summed E-state index contributed by atoms with van der Waals surface area (Å²) < 4.78 is 31.6. The molecule has 0 saturated heterocycles. The number of carbonyl (C=O) groups excluding carboxylic acids is 1. The van der Waals surface area contributed by atoms with Crippen LogP contribution in [0.2, 0.25) is 0 Å². The van der Waals surface area contributed by atoms with Crippen molar-refractivity contribution >= 4 is 33.4 Å². The number of ether oxygens (including phenoxy) is 1. The Bertz CT molecular complexity index is 697. The van der Waals surface area contributed by atoms with Gasteiger partial charge in [-0.2, -0.15) is 11.8 Å². The van der Waals surface area contributed by atoms with Gasteiger partial charge in [0.1, 0.15) is 11.8 Å². The molecule has 0 aliphatic rings. The van der Waals surface area contributed by atoms with E-state index in [2.05, 4.69) is 26.1 Å². The van der Waals surface area contributed by atoms with E-state index in [4.69, 9.17) is 4.74 Å². The standard InChI is InChI=1S/C19H32N2O4S2/c1-7-17(18(22)20-13-14-26-19(3,4)5)21(27(6,23)24)15-9-11-16(12-10-15)25-8-2/h9-12,17H,7-8,13-14H2,1-6H3,(H,20,22). The van der Waals surface area contributed by atoms with Gasteiger partial charge in [-0.15, -0.1) is 0 Å². The van der Waals surface area contributed by atoms with Crippen LogP contribution in [0.25, 0.3) is 0 Å². The molecule has 0 spiro atoms. The maximum Gasteiger partial charge on any atom is 0.243 e. The van der Waals surface area contributed by atoms with Crippen LogP contribution < -0.4 is 14.4 Å². The number of hydrogen-bond donors (Lipinski definition) is 1. The first kappa shape index (κ1) is 23.6. The molecule has 27 heavy (non-hydrogen) atoms. The fourth-order valence-electron chi connectivity index (χ4n) is 2.57. The summed E-state index contributed by atoms with van der Waals surface area (Å²) in [5.41, 5.74) is 0.451. The largest absolute Gasteiger partial charge is 0.494 e. The van der Waals surface area contributed by atoms with E-state index < -0.39 is 16.1 Å². The number of sulfonamides is 1. The Kier molecular flexibility index (Phi) is 8.94. The summed E-state index contributed by atoms with van der Waals surface area (Å²) in [6.07, 6.45) is 1.49. The summed E-state index contributed by atoms with van der Waals surface area (Å²) in [6.45, 7) is 11.1. The zero-order chi connectivity index (χ0) is 20.7. The molecule has 1 rings (SSSR count). The second-order valence-electron chi connectivity index (χ2n) is 7.16. The topological polar surface area (TPSA) is 75.7 Å². The minimum Gasteiger partial charge on any atom is -0.494 e. The van der Waals surface area contributed by atoms with Gasteiger partial charge in [0.05, 0.1) is 18.6 Å². The van der Waals surface area contributed by atoms with Crippen LogP contribution in [0.1, 0.15) is 41.0 Å². The molecule has 0 radical (unpaired) electrons. The lowest BCUT2D eigenvalue weighted by Gasteiger charge is -2.30. The lowest BCUT2D eigenvalue weighted by Crippen LogP contribution is -2.49. The summed E-state index contributed by atoms with van der Waals surface area (Å²) in [7, 11) is -3.63. The molecule has 1 aromatic carbocycles. The van der Waals surface area contributed by atoms with Gasteiger partial charge in [0.15, 0.2) is 0 Å². The van der Waals surface area contributed by atoms with Crippen LogP contribution in [0, 0.1) is 0 Å². The normalized spacial score (nSPS) is 13.1. The third-order valence-electron chi connectivity index (χ3n) is 3.67. The predicted octanol–water partition coefficient (Wildman–Crippen LogP) is 3.28. The third kappa shape index (κ3) is 8.01. The van der Waals surface area contributed by atoms with E-state index in [1.165, 1.54) is 4.31 Å². The average molecular weight is 417 g/mol. The maximum absolute atomic E-state index is 12.7. The molecule has 1 unspecified atom stereocenters. The van der Waals surface area contributed by atoms with Crippen molar-refractivity contribution in [3.8, 4) is 5.75 Å². The van der Waals surface area contributed by atoms with Crippen LogP contribution in [0.3, 0.4) is 0 Å². The van der Waals surface area contributed by atoms with Gasteiger partial charge in [0.25, 0.3) is 0 Å². The summed E-state index contributed by atoms with van der Waals surface area (Å²) in [5.74, 6) is 1.14. The molecule has 1 amide bonds. The Morgan fingerprint density at radius 3 is 2.26 bits per heavy atom. The molecule has 0 fully saturated rings. The van der Waals surface area contributed by atoms with Crippen molar-refractivity contribution in [1.29, 1.82) is 0 Å². The molecule has 0 aliphatic heterocycles. The minimum absolute atomic E-state index is 0.121. The third-order valence-corrected chi connectivity index (χ3v) is 6.12. The molecule has 1 atom stereocenters. The first-order valence-corrected chi connectivity index (χ1v) is 12.0. The van der Waals surface area contributed by atoms with Gasteiger partial charge in [-0.3, -0.25) is 9.10 Å². The average Bonchev–Trinajstić information content (AvgIpc) is 2.55. The number of nitrogens with zero attached hydrogens (tertiary/aromatic N) is 1. The summed E-state index contributed by atoms with van der Waals surface area (Å²) in [5, 5.41) is 2.87. The van der Waals surface area contributed by atoms with Crippen LogP contribution in [0.4, 0.5) is 5.69 Å². The van der Waals surface area contributed by atoms with Crippen LogP contribution in [0.5, 0.6) is 5.75 Å². The number of anilines is 1. The summed E-state index contributed by atoms with van der Waals surface area (Å²) in [6, 6.07) is 5.95.